The number of esters is 1. The monoisotopic (exact) mass is 629 g/mol. The number of benzene rings is 1. The lowest BCUT2D eigenvalue weighted by Gasteiger charge is -2.42. The van der Waals surface area contributed by atoms with Gasteiger partial charge in [0.25, 0.3) is 0 Å². The summed E-state index contributed by atoms with van der Waals surface area (Å²) in [5.41, 5.74) is 1.29. The predicted octanol–water partition coefficient (Wildman–Crippen LogP) is 10.1. The maximum absolute atomic E-state index is 15.4. The summed E-state index contributed by atoms with van der Waals surface area (Å²) in [4.78, 5) is 17.6. The van der Waals surface area contributed by atoms with E-state index in [1.165, 1.54) is 6.08 Å². The Bertz CT molecular complexity index is 1210. The van der Waals surface area contributed by atoms with Crippen molar-refractivity contribution in [1.29, 1.82) is 0 Å². The number of hydrogen-bond acceptors (Lipinski definition) is 6. The molecule has 7 unspecified atom stereocenters. The van der Waals surface area contributed by atoms with Gasteiger partial charge in [0, 0.05) is 29.1 Å². The molecule has 2 fully saturated rings. The Balaban J connectivity index is 1.69. The van der Waals surface area contributed by atoms with Gasteiger partial charge in [0.1, 0.15) is 0 Å². The van der Waals surface area contributed by atoms with Crippen molar-refractivity contribution in [2.75, 3.05) is 0 Å². The van der Waals surface area contributed by atoms with Crippen LogP contribution in [0, 0.1) is 35.5 Å². The summed E-state index contributed by atoms with van der Waals surface area (Å²) < 4.78 is 34.8. The quantitative estimate of drug-likeness (QED) is 0.140. The summed E-state index contributed by atoms with van der Waals surface area (Å²) in [5, 5.41) is 0.611. The first-order chi connectivity index (χ1) is 20.4. The van der Waals surface area contributed by atoms with Crippen LogP contribution in [-0.2, 0) is 23.1 Å². The van der Waals surface area contributed by atoms with Crippen molar-refractivity contribution in [1.82, 2.24) is 4.98 Å². The Morgan fingerprint density at radius 2 is 1.47 bits per heavy atom. The van der Waals surface area contributed by atoms with Crippen molar-refractivity contribution in [2.45, 2.75) is 98.1 Å². The minimum absolute atomic E-state index is 0.203. The van der Waals surface area contributed by atoms with Crippen molar-refractivity contribution >= 4 is 31.2 Å². The highest BCUT2D eigenvalue weighted by atomic mass is 35.5. The van der Waals surface area contributed by atoms with Gasteiger partial charge >= 0.3 is 13.6 Å². The summed E-state index contributed by atoms with van der Waals surface area (Å²) in [5.74, 6) is 0.448. The Labute approximate surface area is 263 Å². The maximum atomic E-state index is 15.4. The SMILES string of the molecule is CC(C)C1CCC(C)C(OP(=O)(OC2CC(C(C)C)CCC2C)C(OC(=O)/C=C/c2ccc(Cl)cc2)c2cccnc2)C1. The number of nitrogens with zero attached hydrogens (tertiary/aromatic N) is 1. The lowest BCUT2D eigenvalue weighted by molar-refractivity contribution is -0.141. The largest absolute Gasteiger partial charge is 0.441 e. The van der Waals surface area contributed by atoms with Crippen LogP contribution in [0.1, 0.15) is 97.0 Å². The van der Waals surface area contributed by atoms with Crippen LogP contribution < -0.4 is 0 Å². The van der Waals surface area contributed by atoms with Crippen LogP contribution in [0.5, 0.6) is 0 Å². The summed E-state index contributed by atoms with van der Waals surface area (Å²) >= 11 is 6.01. The minimum atomic E-state index is -4.07. The molecule has 2 saturated carbocycles. The fourth-order valence-electron chi connectivity index (χ4n) is 6.37. The van der Waals surface area contributed by atoms with E-state index in [-0.39, 0.29) is 24.0 Å². The van der Waals surface area contributed by atoms with Crippen LogP contribution in [-0.4, -0.2) is 23.2 Å². The van der Waals surface area contributed by atoms with Crippen molar-refractivity contribution in [3.05, 3.63) is 71.0 Å². The maximum Gasteiger partial charge on any atom is 0.376 e. The molecule has 0 amide bonds. The number of hydrogen-bond donors (Lipinski definition) is 0. The van der Waals surface area contributed by atoms with Gasteiger partial charge in [0.15, 0.2) is 0 Å². The molecule has 1 heterocycles. The van der Waals surface area contributed by atoms with E-state index >= 15 is 4.57 Å². The van der Waals surface area contributed by atoms with E-state index < -0.39 is 19.4 Å². The van der Waals surface area contributed by atoms with Crippen LogP contribution in [0.15, 0.2) is 54.9 Å². The van der Waals surface area contributed by atoms with Gasteiger partial charge in [-0.05, 0) is 104 Å². The summed E-state index contributed by atoms with van der Waals surface area (Å²) in [7, 11) is -4.07. The number of carbonyl (C=O) groups excluding carboxylic acids is 1. The van der Waals surface area contributed by atoms with Crippen LogP contribution in [0.4, 0.5) is 0 Å². The zero-order chi connectivity index (χ0) is 31.1. The third-order valence-electron chi connectivity index (χ3n) is 9.54. The van der Waals surface area contributed by atoms with Crippen LogP contribution >= 0.6 is 19.2 Å². The molecular weight excluding hydrogens is 581 g/mol. The molecule has 6 nitrogen and oxygen atoms in total. The van der Waals surface area contributed by atoms with Gasteiger partial charge in [-0.25, -0.2) is 4.79 Å². The second-order valence-corrected chi connectivity index (χ2v) is 15.8. The first-order valence-electron chi connectivity index (χ1n) is 16.0. The minimum Gasteiger partial charge on any atom is -0.441 e. The normalized spacial score (nSPS) is 28.6. The topological polar surface area (TPSA) is 74.7 Å². The molecule has 0 bridgehead atoms. The van der Waals surface area contributed by atoms with Gasteiger partial charge in [-0.2, -0.15) is 0 Å². The van der Waals surface area contributed by atoms with Gasteiger partial charge in [0.2, 0.25) is 5.85 Å². The second kappa shape index (κ2) is 15.3. The van der Waals surface area contributed by atoms with Crippen LogP contribution in [0.25, 0.3) is 6.08 Å². The van der Waals surface area contributed by atoms with Gasteiger partial charge in [-0.1, -0.05) is 71.3 Å². The first-order valence-corrected chi connectivity index (χ1v) is 17.9. The summed E-state index contributed by atoms with van der Waals surface area (Å²) in [6, 6.07) is 10.7. The van der Waals surface area contributed by atoms with Crippen molar-refractivity contribution in [3.63, 3.8) is 0 Å². The molecule has 2 aliphatic carbocycles. The van der Waals surface area contributed by atoms with Gasteiger partial charge in [-0.15, -0.1) is 0 Å². The zero-order valence-corrected chi connectivity index (χ0v) is 28.2. The molecule has 1 aromatic carbocycles. The summed E-state index contributed by atoms with van der Waals surface area (Å²) in [6.07, 6.45) is 11.5. The predicted molar refractivity (Wildman–Crippen MR) is 174 cm³/mol. The lowest BCUT2D eigenvalue weighted by atomic mass is 9.76. The fourth-order valence-corrected chi connectivity index (χ4v) is 8.86. The number of halogens is 1. The van der Waals surface area contributed by atoms with Gasteiger partial charge in [0.05, 0.1) is 12.2 Å². The number of rotatable bonds is 11. The summed E-state index contributed by atoms with van der Waals surface area (Å²) in [6.45, 7) is 13.2. The van der Waals surface area contributed by atoms with Crippen molar-refractivity contribution in [3.8, 4) is 0 Å². The Kier molecular flexibility index (Phi) is 12.1. The highest BCUT2D eigenvalue weighted by Crippen LogP contribution is 2.65. The molecule has 1 aromatic heterocycles. The van der Waals surface area contributed by atoms with E-state index in [2.05, 4.69) is 46.5 Å². The average molecular weight is 630 g/mol. The number of carbonyl (C=O) groups is 1. The highest BCUT2D eigenvalue weighted by Gasteiger charge is 2.48. The van der Waals surface area contributed by atoms with E-state index in [1.54, 1.807) is 42.7 Å². The zero-order valence-electron chi connectivity index (χ0n) is 26.5. The number of aromatic nitrogens is 1. The van der Waals surface area contributed by atoms with Gasteiger partial charge < -0.3 is 13.8 Å². The average Bonchev–Trinajstić information content (AvgIpc) is 2.98. The van der Waals surface area contributed by atoms with Crippen LogP contribution in [0.3, 0.4) is 0 Å². The molecule has 7 atom stereocenters. The van der Waals surface area contributed by atoms with Gasteiger partial charge in [-0.3, -0.25) is 9.55 Å². The van der Waals surface area contributed by atoms with Crippen LogP contribution in [0.2, 0.25) is 5.02 Å². The van der Waals surface area contributed by atoms with Crippen molar-refractivity contribution in [2.24, 2.45) is 35.5 Å². The van der Waals surface area contributed by atoms with E-state index in [1.807, 2.05) is 12.1 Å². The smallest absolute Gasteiger partial charge is 0.376 e. The molecule has 236 valence electrons. The van der Waals surface area contributed by atoms with E-state index in [4.69, 9.17) is 25.4 Å². The lowest BCUT2D eigenvalue weighted by Crippen LogP contribution is -2.35. The number of ether oxygens (including phenoxy) is 1. The van der Waals surface area contributed by atoms with E-state index in [0.29, 0.717) is 34.3 Å². The molecule has 2 aliphatic rings. The third kappa shape index (κ3) is 9.26. The molecule has 0 aliphatic heterocycles. The molecule has 2 aromatic rings. The molecule has 8 heteroatoms. The molecule has 0 radical (unpaired) electrons. The Morgan fingerprint density at radius 1 is 0.907 bits per heavy atom. The fraction of sp³-hybridized carbons (Fsp3) is 0.600. The molecule has 0 saturated heterocycles. The second-order valence-electron chi connectivity index (χ2n) is 13.4. The third-order valence-corrected chi connectivity index (χ3v) is 11.9. The molecule has 0 spiro atoms. The number of pyridine rings is 1. The standard InChI is InChI=1S/C35H49ClNO5P/c1-23(2)28-14-9-25(5)32(20-28)41-43(39,42-33-21-29(24(3)4)15-10-26(33)6)35(30-8-7-19-37-22-30)40-34(38)18-13-27-11-16-31(36)17-12-27/h7-8,11-13,16-19,22-26,28-29,32-33,35H,9-10,14-15,20-21H2,1-6H3/b18-13+. The Hall–Kier alpha value is -1.98. The molecule has 43 heavy (non-hydrogen) atoms. The molecule has 4 rings (SSSR count). The first kappa shape index (κ1) is 33.9. The molecular formula is C35H49ClNO5P. The van der Waals surface area contributed by atoms with E-state index in [0.717, 1.165) is 44.1 Å². The van der Waals surface area contributed by atoms with Crippen molar-refractivity contribution < 1.29 is 23.1 Å². The van der Waals surface area contributed by atoms with E-state index in [9.17, 15) is 4.79 Å². The molecule has 0 N–H and O–H groups in total. The highest BCUT2D eigenvalue weighted by molar-refractivity contribution is 7.54. The Morgan fingerprint density at radius 3 is 1.95 bits per heavy atom.